The van der Waals surface area contributed by atoms with Crippen molar-refractivity contribution in [3.8, 4) is 11.3 Å². The number of aryl methyl sites for hydroxylation is 1. The van der Waals surface area contributed by atoms with Crippen LogP contribution in [-0.2, 0) is 9.53 Å². The molecule has 6 heteroatoms. The molecule has 1 atom stereocenters. The molecule has 3 rings (SSSR count). The highest BCUT2D eigenvalue weighted by Gasteiger charge is 2.27. The van der Waals surface area contributed by atoms with E-state index in [0.717, 1.165) is 22.5 Å². The number of carbonyl (C=O) groups is 1. The van der Waals surface area contributed by atoms with E-state index in [9.17, 15) is 4.79 Å². The van der Waals surface area contributed by atoms with Crippen LogP contribution >= 0.6 is 11.6 Å². The van der Waals surface area contributed by atoms with E-state index >= 15 is 0 Å². The average molecular weight is 344 g/mol. The summed E-state index contributed by atoms with van der Waals surface area (Å²) in [5.74, 6) is -0.109. The van der Waals surface area contributed by atoms with Gasteiger partial charge in [0.1, 0.15) is 6.33 Å². The van der Waals surface area contributed by atoms with Crippen LogP contribution in [0.1, 0.15) is 17.3 Å². The number of halogens is 1. The van der Waals surface area contributed by atoms with Crippen LogP contribution in [0.15, 0.2) is 43.2 Å². The van der Waals surface area contributed by atoms with Crippen molar-refractivity contribution in [1.29, 1.82) is 0 Å². The first kappa shape index (κ1) is 16.6. The van der Waals surface area contributed by atoms with Crippen LogP contribution in [0, 0.1) is 6.92 Å². The Morgan fingerprint density at radius 3 is 2.96 bits per heavy atom. The lowest BCUT2D eigenvalue weighted by Gasteiger charge is -2.35. The van der Waals surface area contributed by atoms with Crippen LogP contribution in [-0.4, -0.2) is 40.5 Å². The number of ether oxygens (including phenoxy) is 1. The summed E-state index contributed by atoms with van der Waals surface area (Å²) in [6.07, 6.45) is 2.86. The molecule has 1 amide bonds. The van der Waals surface area contributed by atoms with Crippen LogP contribution in [0.5, 0.6) is 0 Å². The highest BCUT2D eigenvalue weighted by atomic mass is 35.5. The molecule has 1 aliphatic heterocycles. The SMILES string of the molecule is C=CC(=O)N1CCOCC1c1cc(Cl)cc(-c2cc(C)ncn2)c1. The zero-order valence-electron chi connectivity index (χ0n) is 13.4. The third-order valence-corrected chi connectivity index (χ3v) is 4.21. The fraction of sp³-hybridized carbons (Fsp3) is 0.278. The Bertz CT molecular complexity index is 779. The van der Waals surface area contributed by atoms with E-state index in [2.05, 4.69) is 16.5 Å². The van der Waals surface area contributed by atoms with Crippen molar-refractivity contribution in [3.05, 3.63) is 59.5 Å². The molecule has 0 saturated carbocycles. The first-order chi connectivity index (χ1) is 11.6. The standard InChI is InChI=1S/C18H18ClN3O2/c1-3-18(23)22-4-5-24-10-17(22)14-7-13(8-15(19)9-14)16-6-12(2)20-11-21-16/h3,6-9,11,17H,1,4-5,10H2,2H3. The van der Waals surface area contributed by atoms with Crippen molar-refractivity contribution in [2.24, 2.45) is 0 Å². The predicted octanol–water partition coefficient (Wildman–Crippen LogP) is 3.19. The lowest BCUT2D eigenvalue weighted by atomic mass is 10.00. The molecule has 0 spiro atoms. The zero-order chi connectivity index (χ0) is 17.1. The molecule has 1 aliphatic rings. The summed E-state index contributed by atoms with van der Waals surface area (Å²) in [6.45, 7) is 6.98. The summed E-state index contributed by atoms with van der Waals surface area (Å²) in [6, 6.07) is 7.43. The maximum absolute atomic E-state index is 12.1. The Labute approximate surface area is 145 Å². The number of hydrogen-bond acceptors (Lipinski definition) is 4. The number of benzene rings is 1. The van der Waals surface area contributed by atoms with Crippen molar-refractivity contribution < 1.29 is 9.53 Å². The van der Waals surface area contributed by atoms with E-state index < -0.39 is 0 Å². The predicted molar refractivity (Wildman–Crippen MR) is 92.7 cm³/mol. The highest BCUT2D eigenvalue weighted by Crippen LogP contribution is 2.31. The molecule has 1 aromatic carbocycles. The Morgan fingerprint density at radius 1 is 1.38 bits per heavy atom. The van der Waals surface area contributed by atoms with Crippen LogP contribution in [0.2, 0.25) is 5.02 Å². The van der Waals surface area contributed by atoms with Crippen LogP contribution < -0.4 is 0 Å². The van der Waals surface area contributed by atoms with Gasteiger partial charge in [-0.3, -0.25) is 4.79 Å². The van der Waals surface area contributed by atoms with Crippen LogP contribution in [0.25, 0.3) is 11.3 Å². The van der Waals surface area contributed by atoms with Crippen LogP contribution in [0.3, 0.4) is 0 Å². The lowest BCUT2D eigenvalue weighted by molar-refractivity contribution is -0.134. The normalized spacial score (nSPS) is 17.6. The molecular formula is C18H18ClN3O2. The molecular weight excluding hydrogens is 326 g/mol. The summed E-state index contributed by atoms with van der Waals surface area (Å²) >= 11 is 6.31. The van der Waals surface area contributed by atoms with Gasteiger partial charge in [-0.2, -0.15) is 0 Å². The second-order valence-electron chi connectivity index (χ2n) is 5.64. The number of amides is 1. The molecule has 2 heterocycles. The number of carbonyl (C=O) groups excluding carboxylic acids is 1. The Kier molecular flexibility index (Phi) is 4.92. The molecule has 1 saturated heterocycles. The van der Waals surface area contributed by atoms with Gasteiger partial charge in [0, 0.05) is 22.8 Å². The van der Waals surface area contributed by atoms with Gasteiger partial charge in [-0.1, -0.05) is 18.2 Å². The number of morpholine rings is 1. The molecule has 1 fully saturated rings. The summed E-state index contributed by atoms with van der Waals surface area (Å²) in [4.78, 5) is 22.3. The first-order valence-electron chi connectivity index (χ1n) is 7.69. The maximum Gasteiger partial charge on any atom is 0.246 e. The van der Waals surface area contributed by atoms with Gasteiger partial charge in [-0.25, -0.2) is 9.97 Å². The second-order valence-corrected chi connectivity index (χ2v) is 6.08. The van der Waals surface area contributed by atoms with Gasteiger partial charge < -0.3 is 9.64 Å². The molecule has 24 heavy (non-hydrogen) atoms. The molecule has 1 aromatic heterocycles. The van der Waals surface area contributed by atoms with Gasteiger partial charge in [0.25, 0.3) is 0 Å². The minimum Gasteiger partial charge on any atom is -0.377 e. The molecule has 5 nitrogen and oxygen atoms in total. The lowest BCUT2D eigenvalue weighted by Crippen LogP contribution is -2.42. The summed E-state index contributed by atoms with van der Waals surface area (Å²) in [7, 11) is 0. The molecule has 1 unspecified atom stereocenters. The van der Waals surface area contributed by atoms with Gasteiger partial charge in [0.15, 0.2) is 0 Å². The molecule has 0 bridgehead atoms. The van der Waals surface area contributed by atoms with Gasteiger partial charge in [-0.05, 0) is 42.8 Å². The summed E-state index contributed by atoms with van der Waals surface area (Å²) < 4.78 is 5.57. The zero-order valence-corrected chi connectivity index (χ0v) is 14.2. The number of hydrogen-bond donors (Lipinski definition) is 0. The minimum atomic E-state index is -0.190. The van der Waals surface area contributed by atoms with Crippen molar-refractivity contribution >= 4 is 17.5 Å². The van der Waals surface area contributed by atoms with Gasteiger partial charge in [0.05, 0.1) is 24.9 Å². The number of rotatable bonds is 3. The number of aromatic nitrogens is 2. The molecule has 0 N–H and O–H groups in total. The van der Waals surface area contributed by atoms with E-state index in [1.165, 1.54) is 12.4 Å². The van der Waals surface area contributed by atoms with E-state index in [-0.39, 0.29) is 11.9 Å². The van der Waals surface area contributed by atoms with Crippen molar-refractivity contribution in [2.75, 3.05) is 19.8 Å². The quantitative estimate of drug-likeness (QED) is 0.803. The van der Waals surface area contributed by atoms with Crippen molar-refractivity contribution in [1.82, 2.24) is 14.9 Å². The number of nitrogens with zero attached hydrogens (tertiary/aromatic N) is 3. The highest BCUT2D eigenvalue weighted by molar-refractivity contribution is 6.31. The summed E-state index contributed by atoms with van der Waals surface area (Å²) in [5.41, 5.74) is 3.49. The first-order valence-corrected chi connectivity index (χ1v) is 8.06. The van der Waals surface area contributed by atoms with E-state index in [1.54, 1.807) is 4.90 Å². The summed E-state index contributed by atoms with van der Waals surface area (Å²) in [5, 5.41) is 0.593. The Balaban J connectivity index is 2.01. The average Bonchev–Trinajstić information content (AvgIpc) is 2.60. The van der Waals surface area contributed by atoms with E-state index in [1.807, 2.05) is 31.2 Å². The fourth-order valence-electron chi connectivity index (χ4n) is 2.83. The molecule has 0 radical (unpaired) electrons. The molecule has 0 aliphatic carbocycles. The largest absolute Gasteiger partial charge is 0.377 e. The molecule has 124 valence electrons. The third-order valence-electron chi connectivity index (χ3n) is 3.99. The maximum atomic E-state index is 12.1. The molecule has 2 aromatic rings. The third kappa shape index (κ3) is 3.47. The van der Waals surface area contributed by atoms with E-state index in [0.29, 0.717) is 24.8 Å². The van der Waals surface area contributed by atoms with Gasteiger partial charge in [-0.15, -0.1) is 0 Å². The van der Waals surface area contributed by atoms with E-state index in [4.69, 9.17) is 16.3 Å². The fourth-order valence-corrected chi connectivity index (χ4v) is 3.07. The smallest absolute Gasteiger partial charge is 0.246 e. The van der Waals surface area contributed by atoms with Crippen LogP contribution in [0.4, 0.5) is 0 Å². The topological polar surface area (TPSA) is 55.3 Å². The minimum absolute atomic E-state index is 0.109. The second kappa shape index (κ2) is 7.11. The van der Waals surface area contributed by atoms with Crippen molar-refractivity contribution in [3.63, 3.8) is 0 Å². The van der Waals surface area contributed by atoms with Gasteiger partial charge >= 0.3 is 0 Å². The Hall–Kier alpha value is -2.24. The van der Waals surface area contributed by atoms with Gasteiger partial charge in [0.2, 0.25) is 5.91 Å². The van der Waals surface area contributed by atoms with Crippen molar-refractivity contribution in [2.45, 2.75) is 13.0 Å². The Morgan fingerprint density at radius 2 is 2.21 bits per heavy atom. The monoisotopic (exact) mass is 343 g/mol.